The lowest BCUT2D eigenvalue weighted by Crippen LogP contribution is -2.41. The summed E-state index contributed by atoms with van der Waals surface area (Å²) >= 11 is 0. The third-order valence-corrected chi connectivity index (χ3v) is 3.70. The molecule has 0 aromatic carbocycles. The molecular formula is C11H21N. The topological polar surface area (TPSA) is 12.0 Å². The van der Waals surface area contributed by atoms with E-state index in [1.54, 1.807) is 0 Å². The van der Waals surface area contributed by atoms with Gasteiger partial charge in [0.15, 0.2) is 0 Å². The zero-order valence-electron chi connectivity index (χ0n) is 8.23. The van der Waals surface area contributed by atoms with Gasteiger partial charge in [0.1, 0.15) is 0 Å². The second kappa shape index (κ2) is 3.37. The first kappa shape index (κ1) is 8.55. The van der Waals surface area contributed by atoms with Crippen LogP contribution in [0, 0.1) is 11.3 Å². The highest BCUT2D eigenvalue weighted by Gasteiger charge is 2.48. The molecule has 0 aliphatic heterocycles. The fraction of sp³-hybridized carbons (Fsp3) is 1.00. The van der Waals surface area contributed by atoms with Gasteiger partial charge in [-0.3, -0.25) is 0 Å². The summed E-state index contributed by atoms with van der Waals surface area (Å²) < 4.78 is 0. The van der Waals surface area contributed by atoms with Crippen molar-refractivity contribution in [2.45, 2.75) is 45.4 Å². The van der Waals surface area contributed by atoms with E-state index in [0.717, 1.165) is 11.3 Å². The highest BCUT2D eigenvalue weighted by Crippen LogP contribution is 2.56. The van der Waals surface area contributed by atoms with Gasteiger partial charge in [-0.05, 0) is 50.0 Å². The summed E-state index contributed by atoms with van der Waals surface area (Å²) in [7, 11) is 0. The monoisotopic (exact) mass is 167 g/mol. The highest BCUT2D eigenvalue weighted by molar-refractivity contribution is 5.00. The Balaban J connectivity index is 1.74. The summed E-state index contributed by atoms with van der Waals surface area (Å²) in [6.45, 7) is 4.78. The van der Waals surface area contributed by atoms with E-state index < -0.39 is 0 Å². The molecule has 70 valence electrons. The molecule has 1 N–H and O–H groups in total. The quantitative estimate of drug-likeness (QED) is 0.621. The molecule has 2 saturated carbocycles. The SMILES string of the molecule is CCCNCC1(C2CC2)CCC1. The zero-order valence-corrected chi connectivity index (χ0v) is 8.23. The summed E-state index contributed by atoms with van der Waals surface area (Å²) in [4.78, 5) is 0. The maximum Gasteiger partial charge on any atom is 0.00105 e. The van der Waals surface area contributed by atoms with Crippen LogP contribution in [0.2, 0.25) is 0 Å². The molecule has 2 aliphatic rings. The second-order valence-electron chi connectivity index (χ2n) is 4.67. The molecule has 1 nitrogen and oxygen atoms in total. The summed E-state index contributed by atoms with van der Waals surface area (Å²) in [5, 5.41) is 3.60. The van der Waals surface area contributed by atoms with Gasteiger partial charge in [0.05, 0.1) is 0 Å². The Morgan fingerprint density at radius 3 is 2.50 bits per heavy atom. The molecule has 0 aromatic rings. The van der Waals surface area contributed by atoms with Gasteiger partial charge in [0, 0.05) is 6.54 Å². The molecule has 1 heteroatoms. The van der Waals surface area contributed by atoms with Crippen molar-refractivity contribution in [3.63, 3.8) is 0 Å². The lowest BCUT2D eigenvalue weighted by Gasteiger charge is -2.43. The van der Waals surface area contributed by atoms with Crippen molar-refractivity contribution in [2.75, 3.05) is 13.1 Å². The Morgan fingerprint density at radius 1 is 1.33 bits per heavy atom. The molecule has 0 amide bonds. The minimum Gasteiger partial charge on any atom is -0.316 e. The van der Waals surface area contributed by atoms with E-state index in [1.165, 1.54) is 51.6 Å². The predicted molar refractivity (Wildman–Crippen MR) is 52.2 cm³/mol. The van der Waals surface area contributed by atoms with E-state index in [9.17, 15) is 0 Å². The number of rotatable bonds is 5. The smallest absolute Gasteiger partial charge is 0.00105 e. The van der Waals surface area contributed by atoms with Crippen molar-refractivity contribution >= 4 is 0 Å². The molecule has 0 heterocycles. The Bertz CT molecular complexity index is 145. The summed E-state index contributed by atoms with van der Waals surface area (Å²) in [5.41, 5.74) is 0.773. The molecule has 0 atom stereocenters. The largest absolute Gasteiger partial charge is 0.316 e. The van der Waals surface area contributed by atoms with Crippen LogP contribution >= 0.6 is 0 Å². The van der Waals surface area contributed by atoms with E-state index in [0.29, 0.717) is 0 Å². The maximum atomic E-state index is 3.60. The maximum absolute atomic E-state index is 3.60. The summed E-state index contributed by atoms with van der Waals surface area (Å²) in [6, 6.07) is 0. The van der Waals surface area contributed by atoms with Gasteiger partial charge in [-0.15, -0.1) is 0 Å². The average Bonchev–Trinajstić information content (AvgIpc) is 2.77. The van der Waals surface area contributed by atoms with Gasteiger partial charge in [-0.2, -0.15) is 0 Å². The first-order chi connectivity index (χ1) is 5.87. The van der Waals surface area contributed by atoms with Gasteiger partial charge in [-0.1, -0.05) is 13.3 Å². The van der Waals surface area contributed by atoms with Gasteiger partial charge >= 0.3 is 0 Å². The third-order valence-electron chi connectivity index (χ3n) is 3.70. The normalized spacial score (nSPS) is 26.8. The lowest BCUT2D eigenvalue weighted by atomic mass is 9.65. The van der Waals surface area contributed by atoms with E-state index in [2.05, 4.69) is 12.2 Å². The lowest BCUT2D eigenvalue weighted by molar-refractivity contribution is 0.0994. The van der Waals surface area contributed by atoms with E-state index in [-0.39, 0.29) is 0 Å². The fourth-order valence-electron chi connectivity index (χ4n) is 2.57. The van der Waals surface area contributed by atoms with Crippen LogP contribution in [-0.4, -0.2) is 13.1 Å². The molecule has 2 rings (SSSR count). The second-order valence-corrected chi connectivity index (χ2v) is 4.67. The Hall–Kier alpha value is -0.0400. The summed E-state index contributed by atoms with van der Waals surface area (Å²) in [5.74, 6) is 1.11. The molecule has 0 aromatic heterocycles. The molecule has 0 unspecified atom stereocenters. The van der Waals surface area contributed by atoms with Crippen molar-refractivity contribution < 1.29 is 0 Å². The van der Waals surface area contributed by atoms with Crippen LogP contribution in [0.15, 0.2) is 0 Å². The highest BCUT2D eigenvalue weighted by atomic mass is 14.9. The zero-order chi connectivity index (χ0) is 8.44. The molecule has 0 saturated heterocycles. The Kier molecular flexibility index (Phi) is 2.40. The van der Waals surface area contributed by atoms with Crippen LogP contribution in [0.4, 0.5) is 0 Å². The number of nitrogens with one attached hydrogen (secondary N) is 1. The molecule has 0 bridgehead atoms. The van der Waals surface area contributed by atoms with Crippen LogP contribution in [0.1, 0.15) is 45.4 Å². The Morgan fingerprint density at radius 2 is 2.08 bits per heavy atom. The number of hydrogen-bond acceptors (Lipinski definition) is 1. The predicted octanol–water partition coefficient (Wildman–Crippen LogP) is 2.57. The average molecular weight is 167 g/mol. The molecular weight excluding hydrogens is 146 g/mol. The third kappa shape index (κ3) is 1.52. The van der Waals surface area contributed by atoms with E-state index in [1.807, 2.05) is 0 Å². The molecule has 12 heavy (non-hydrogen) atoms. The standard InChI is InChI=1S/C11H21N/c1-2-8-12-9-11(6-3-7-11)10-4-5-10/h10,12H,2-9H2,1H3. The van der Waals surface area contributed by atoms with Crippen LogP contribution < -0.4 is 5.32 Å². The van der Waals surface area contributed by atoms with Crippen molar-refractivity contribution in [3.8, 4) is 0 Å². The van der Waals surface area contributed by atoms with Crippen LogP contribution in [-0.2, 0) is 0 Å². The van der Waals surface area contributed by atoms with Crippen molar-refractivity contribution in [1.29, 1.82) is 0 Å². The summed E-state index contributed by atoms with van der Waals surface area (Å²) in [6.07, 6.45) is 8.83. The van der Waals surface area contributed by atoms with Crippen LogP contribution in [0.5, 0.6) is 0 Å². The molecule has 2 aliphatic carbocycles. The van der Waals surface area contributed by atoms with Crippen molar-refractivity contribution in [2.24, 2.45) is 11.3 Å². The minimum absolute atomic E-state index is 0.773. The fourth-order valence-corrected chi connectivity index (χ4v) is 2.57. The van der Waals surface area contributed by atoms with Gasteiger partial charge in [0.25, 0.3) is 0 Å². The first-order valence-electron chi connectivity index (χ1n) is 5.58. The number of hydrogen-bond donors (Lipinski definition) is 1. The van der Waals surface area contributed by atoms with Crippen molar-refractivity contribution in [3.05, 3.63) is 0 Å². The molecule has 2 fully saturated rings. The Labute approximate surface area is 75.9 Å². The molecule has 0 radical (unpaired) electrons. The van der Waals surface area contributed by atoms with Gasteiger partial charge in [-0.25, -0.2) is 0 Å². The minimum atomic E-state index is 0.773. The van der Waals surface area contributed by atoms with E-state index >= 15 is 0 Å². The van der Waals surface area contributed by atoms with Crippen LogP contribution in [0.25, 0.3) is 0 Å². The first-order valence-corrected chi connectivity index (χ1v) is 5.58. The van der Waals surface area contributed by atoms with E-state index in [4.69, 9.17) is 0 Å². The van der Waals surface area contributed by atoms with Crippen LogP contribution in [0.3, 0.4) is 0 Å². The van der Waals surface area contributed by atoms with Gasteiger partial charge < -0.3 is 5.32 Å². The van der Waals surface area contributed by atoms with Crippen molar-refractivity contribution in [1.82, 2.24) is 5.32 Å². The molecule has 0 spiro atoms. The van der Waals surface area contributed by atoms with Gasteiger partial charge in [0.2, 0.25) is 0 Å².